The first-order chi connectivity index (χ1) is 9.05. The van der Waals surface area contributed by atoms with Gasteiger partial charge in [-0.25, -0.2) is 0 Å². The Labute approximate surface area is 112 Å². The maximum absolute atomic E-state index is 12.8. The average Bonchev–Trinajstić information content (AvgIpc) is 2.82. The molecule has 0 spiro atoms. The minimum atomic E-state index is -4.29. The fourth-order valence-electron chi connectivity index (χ4n) is 2.06. The van der Waals surface area contributed by atoms with Gasteiger partial charge in [0.05, 0.1) is 5.56 Å². The van der Waals surface area contributed by atoms with Gasteiger partial charge in [0.1, 0.15) is 0 Å². The zero-order valence-electron chi connectivity index (χ0n) is 9.74. The molecule has 0 fully saturated rings. The number of alkyl halides is 3. The molecule has 0 saturated heterocycles. The van der Waals surface area contributed by atoms with Crippen molar-refractivity contribution in [2.24, 2.45) is 0 Å². The van der Waals surface area contributed by atoms with E-state index in [2.05, 4.69) is 0 Å². The molecule has 0 aliphatic carbocycles. The van der Waals surface area contributed by atoms with Crippen molar-refractivity contribution in [2.45, 2.75) is 6.18 Å². The Hall–Kier alpha value is -1.81. The Morgan fingerprint density at radius 1 is 0.842 bits per heavy atom. The molecule has 1 aromatic heterocycles. The van der Waals surface area contributed by atoms with Crippen LogP contribution < -0.4 is 0 Å². The molecule has 0 unspecified atom stereocenters. The van der Waals surface area contributed by atoms with Crippen molar-refractivity contribution >= 4 is 21.4 Å². The summed E-state index contributed by atoms with van der Waals surface area (Å²) in [6, 6.07) is 14.7. The highest BCUT2D eigenvalue weighted by Gasteiger charge is 2.33. The van der Waals surface area contributed by atoms with Crippen molar-refractivity contribution < 1.29 is 13.2 Å². The molecule has 0 bridgehead atoms. The molecule has 0 radical (unpaired) electrons. The van der Waals surface area contributed by atoms with Gasteiger partial charge in [0.15, 0.2) is 0 Å². The third-order valence-corrected chi connectivity index (χ3v) is 3.93. The predicted octanol–water partition coefficient (Wildman–Crippen LogP) is 5.59. The fourth-order valence-corrected chi connectivity index (χ4v) is 3.06. The van der Waals surface area contributed by atoms with E-state index in [0.717, 1.165) is 22.5 Å². The number of hydrogen-bond acceptors (Lipinski definition) is 1. The van der Waals surface area contributed by atoms with Crippen LogP contribution in [0.25, 0.3) is 21.2 Å². The van der Waals surface area contributed by atoms with Crippen molar-refractivity contribution in [1.29, 1.82) is 0 Å². The lowest BCUT2D eigenvalue weighted by Crippen LogP contribution is -2.02. The Morgan fingerprint density at radius 3 is 2.26 bits per heavy atom. The van der Waals surface area contributed by atoms with Gasteiger partial charge in [-0.05, 0) is 17.2 Å². The highest BCUT2D eigenvalue weighted by Crippen LogP contribution is 2.39. The number of rotatable bonds is 1. The zero-order chi connectivity index (χ0) is 13.5. The summed E-state index contributed by atoms with van der Waals surface area (Å²) in [5.74, 6) is 0. The first kappa shape index (κ1) is 12.2. The molecule has 0 atom stereocenters. The second-order valence-corrected chi connectivity index (χ2v) is 5.14. The monoisotopic (exact) mass is 278 g/mol. The highest BCUT2D eigenvalue weighted by molar-refractivity contribution is 7.17. The van der Waals surface area contributed by atoms with Gasteiger partial charge >= 0.3 is 6.18 Å². The van der Waals surface area contributed by atoms with Crippen molar-refractivity contribution in [3.63, 3.8) is 0 Å². The lowest BCUT2D eigenvalue weighted by atomic mass is 10.0. The predicted molar refractivity (Wildman–Crippen MR) is 72.3 cm³/mol. The molecule has 0 amide bonds. The third kappa shape index (κ3) is 2.24. The van der Waals surface area contributed by atoms with Crippen molar-refractivity contribution in [3.8, 4) is 11.1 Å². The summed E-state index contributed by atoms with van der Waals surface area (Å²) in [6.07, 6.45) is -4.29. The van der Waals surface area contributed by atoms with Crippen LogP contribution in [0, 0.1) is 0 Å². The molecule has 0 aliphatic rings. The van der Waals surface area contributed by atoms with E-state index in [1.54, 1.807) is 12.1 Å². The summed E-state index contributed by atoms with van der Waals surface area (Å²) >= 11 is 1.13. The smallest absolute Gasteiger partial charge is 0.166 e. The van der Waals surface area contributed by atoms with Crippen molar-refractivity contribution in [1.82, 2.24) is 0 Å². The number of halogens is 3. The van der Waals surface area contributed by atoms with Gasteiger partial charge < -0.3 is 0 Å². The minimum Gasteiger partial charge on any atom is -0.166 e. The molecule has 0 saturated carbocycles. The van der Waals surface area contributed by atoms with Crippen LogP contribution in [0.15, 0.2) is 53.9 Å². The summed E-state index contributed by atoms with van der Waals surface area (Å²) in [5.41, 5.74) is 1.39. The molecule has 0 N–H and O–H groups in total. The number of hydrogen-bond donors (Lipinski definition) is 0. The lowest BCUT2D eigenvalue weighted by molar-refractivity contribution is -0.136. The molecular formula is C15H9F3S. The molecule has 4 heteroatoms. The average molecular weight is 278 g/mol. The molecular weight excluding hydrogens is 269 g/mol. The Balaban J connectivity index is 2.14. The largest absolute Gasteiger partial charge is 0.417 e. The third-order valence-electron chi connectivity index (χ3n) is 2.99. The van der Waals surface area contributed by atoms with Crippen LogP contribution in [0.1, 0.15) is 5.56 Å². The second kappa shape index (κ2) is 4.38. The maximum Gasteiger partial charge on any atom is 0.417 e. The van der Waals surface area contributed by atoms with Gasteiger partial charge in [-0.3, -0.25) is 0 Å². The van der Waals surface area contributed by atoms with Gasteiger partial charge in [0.25, 0.3) is 0 Å². The van der Waals surface area contributed by atoms with Crippen molar-refractivity contribution in [3.05, 3.63) is 59.5 Å². The summed E-state index contributed by atoms with van der Waals surface area (Å²) in [4.78, 5) is 0. The van der Waals surface area contributed by atoms with Crippen LogP contribution in [-0.2, 0) is 6.18 Å². The Kier molecular flexibility index (Phi) is 2.82. The molecule has 2 aromatic carbocycles. The summed E-state index contributed by atoms with van der Waals surface area (Å²) in [6.45, 7) is 0. The first-order valence-electron chi connectivity index (χ1n) is 5.69. The quantitative estimate of drug-likeness (QED) is 0.544. The summed E-state index contributed by atoms with van der Waals surface area (Å²) < 4.78 is 39.0. The molecule has 0 nitrogen and oxygen atoms in total. The minimum absolute atomic E-state index is 0.275. The summed E-state index contributed by atoms with van der Waals surface area (Å²) in [7, 11) is 0. The van der Waals surface area contributed by atoms with Crippen molar-refractivity contribution in [2.75, 3.05) is 0 Å². The lowest BCUT2D eigenvalue weighted by Gasteiger charge is -2.05. The van der Waals surface area contributed by atoms with Crippen LogP contribution >= 0.6 is 11.3 Å². The van der Waals surface area contributed by atoms with E-state index >= 15 is 0 Å². The van der Waals surface area contributed by atoms with E-state index in [1.807, 2.05) is 36.4 Å². The normalized spacial score (nSPS) is 11.9. The van der Waals surface area contributed by atoms with E-state index in [9.17, 15) is 13.2 Å². The second-order valence-electron chi connectivity index (χ2n) is 4.22. The topological polar surface area (TPSA) is 0 Å². The first-order valence-corrected chi connectivity index (χ1v) is 6.57. The van der Waals surface area contributed by atoms with E-state index in [0.29, 0.717) is 4.70 Å². The molecule has 1 heterocycles. The van der Waals surface area contributed by atoms with Crippen LogP contribution in [-0.4, -0.2) is 0 Å². The number of fused-ring (bicyclic) bond motifs is 1. The van der Waals surface area contributed by atoms with Gasteiger partial charge in [-0.2, -0.15) is 13.2 Å². The molecule has 0 aliphatic heterocycles. The van der Waals surface area contributed by atoms with Crippen LogP contribution in [0.2, 0.25) is 0 Å². The highest BCUT2D eigenvalue weighted by atomic mass is 32.1. The molecule has 3 aromatic rings. The van der Waals surface area contributed by atoms with Crippen LogP contribution in [0.3, 0.4) is 0 Å². The standard InChI is InChI=1S/C15H9F3S/c16-15(17,18)13-9-19-14-8-11(6-7-12(13)14)10-4-2-1-3-5-10/h1-9H. The van der Waals surface area contributed by atoms with Gasteiger partial charge in [0.2, 0.25) is 0 Å². The molecule has 3 rings (SSSR count). The van der Waals surface area contributed by atoms with E-state index in [4.69, 9.17) is 0 Å². The number of thiophene rings is 1. The van der Waals surface area contributed by atoms with Crippen LogP contribution in [0.5, 0.6) is 0 Å². The van der Waals surface area contributed by atoms with Gasteiger partial charge in [-0.15, -0.1) is 11.3 Å². The number of benzene rings is 2. The fraction of sp³-hybridized carbons (Fsp3) is 0.0667. The van der Waals surface area contributed by atoms with Crippen LogP contribution in [0.4, 0.5) is 13.2 Å². The molecule has 96 valence electrons. The van der Waals surface area contributed by atoms with E-state index in [1.165, 1.54) is 5.38 Å². The van der Waals surface area contributed by atoms with E-state index in [-0.39, 0.29) is 5.39 Å². The maximum atomic E-state index is 12.8. The van der Waals surface area contributed by atoms with Gasteiger partial charge in [-0.1, -0.05) is 42.5 Å². The summed E-state index contributed by atoms with van der Waals surface area (Å²) in [5, 5.41) is 1.46. The van der Waals surface area contributed by atoms with E-state index < -0.39 is 11.7 Å². The van der Waals surface area contributed by atoms with Gasteiger partial charge in [0, 0.05) is 15.5 Å². The Morgan fingerprint density at radius 2 is 1.58 bits per heavy atom. The zero-order valence-corrected chi connectivity index (χ0v) is 10.6. The SMILES string of the molecule is FC(F)(F)c1csc2cc(-c3ccccc3)ccc12. The Bertz CT molecular complexity index is 711. The molecule has 19 heavy (non-hydrogen) atoms.